The van der Waals surface area contributed by atoms with Gasteiger partial charge in [0.05, 0.1) is 12.1 Å². The summed E-state index contributed by atoms with van der Waals surface area (Å²) in [7, 11) is 0. The second-order valence-electron chi connectivity index (χ2n) is 7.25. The summed E-state index contributed by atoms with van der Waals surface area (Å²) in [5.74, 6) is 1.70. The molecule has 2 heterocycles. The highest BCUT2D eigenvalue weighted by molar-refractivity contribution is 5.87. The summed E-state index contributed by atoms with van der Waals surface area (Å²) >= 11 is 0. The van der Waals surface area contributed by atoms with Crippen molar-refractivity contribution < 1.29 is 14.3 Å². The van der Waals surface area contributed by atoms with Gasteiger partial charge in [-0.05, 0) is 42.8 Å². The van der Waals surface area contributed by atoms with Crippen molar-refractivity contribution in [1.29, 1.82) is 0 Å². The van der Waals surface area contributed by atoms with Crippen LogP contribution in [0, 0.1) is 0 Å². The monoisotopic (exact) mass is 394 g/mol. The molecular weight excluding hydrogens is 368 g/mol. The Morgan fingerprint density at radius 1 is 1.07 bits per heavy atom. The van der Waals surface area contributed by atoms with Gasteiger partial charge in [-0.25, -0.2) is 4.79 Å². The summed E-state index contributed by atoms with van der Waals surface area (Å²) in [6.07, 6.45) is 3.84. The lowest BCUT2D eigenvalue weighted by molar-refractivity contribution is 0.110. The Morgan fingerprint density at radius 2 is 1.79 bits per heavy atom. The second kappa shape index (κ2) is 8.94. The molecule has 1 fully saturated rings. The highest BCUT2D eigenvalue weighted by Gasteiger charge is 2.26. The number of likely N-dealkylation sites (tertiary alicyclic amines) is 1. The number of para-hydroxylation sites is 1. The normalized spacial score (nSPS) is 14.9. The van der Waals surface area contributed by atoms with Crippen LogP contribution in [0.4, 0.5) is 4.79 Å². The number of fused-ring (bicyclic) bond motifs is 1. The Bertz CT molecular complexity index is 946. The maximum absolute atomic E-state index is 12.8. The number of unbranched alkanes of at least 4 members (excludes halogenated alkanes) is 1. The molecule has 0 saturated carbocycles. The number of nitrogens with zero attached hydrogens (tertiary/aromatic N) is 4. The zero-order chi connectivity index (χ0) is 20.1. The molecule has 1 amide bonds. The molecular formula is C22H26N4O3. The van der Waals surface area contributed by atoms with Crippen LogP contribution in [0.3, 0.4) is 0 Å². The lowest BCUT2D eigenvalue weighted by Gasteiger charge is -2.31. The summed E-state index contributed by atoms with van der Waals surface area (Å²) in [4.78, 5) is 14.6. The maximum atomic E-state index is 12.8. The van der Waals surface area contributed by atoms with Gasteiger partial charge in [0.25, 0.3) is 0 Å². The summed E-state index contributed by atoms with van der Waals surface area (Å²) in [5, 5.41) is 8.09. The van der Waals surface area contributed by atoms with E-state index < -0.39 is 0 Å². The first-order chi connectivity index (χ1) is 14.2. The molecule has 1 aromatic heterocycles. The van der Waals surface area contributed by atoms with Crippen molar-refractivity contribution in [3.05, 3.63) is 48.5 Å². The smallest absolute Gasteiger partial charge is 0.346 e. The van der Waals surface area contributed by atoms with E-state index in [1.165, 1.54) is 4.68 Å². The Kier molecular flexibility index (Phi) is 5.93. The molecule has 7 heteroatoms. The molecule has 0 N–H and O–H groups in total. The molecule has 0 spiro atoms. The average Bonchev–Trinajstić information content (AvgIpc) is 3.19. The zero-order valence-corrected chi connectivity index (χ0v) is 16.7. The van der Waals surface area contributed by atoms with Crippen molar-refractivity contribution in [2.24, 2.45) is 0 Å². The van der Waals surface area contributed by atoms with E-state index in [0.717, 1.165) is 54.8 Å². The fourth-order valence-electron chi connectivity index (χ4n) is 3.45. The lowest BCUT2D eigenvalue weighted by atomic mass is 10.1. The Balaban J connectivity index is 1.30. The first-order valence-electron chi connectivity index (χ1n) is 10.2. The minimum atomic E-state index is -0.134. The van der Waals surface area contributed by atoms with Gasteiger partial charge in [0, 0.05) is 25.9 Å². The first-order valence-corrected chi connectivity index (χ1v) is 10.2. The van der Waals surface area contributed by atoms with Crippen molar-refractivity contribution in [3.8, 4) is 11.5 Å². The number of carbonyl (C=O) groups excluding carboxylic acids is 1. The molecule has 0 radical (unpaired) electrons. The van der Waals surface area contributed by atoms with E-state index in [2.05, 4.69) is 17.2 Å². The molecule has 1 saturated heterocycles. The summed E-state index contributed by atoms with van der Waals surface area (Å²) in [6, 6.07) is 15.1. The molecule has 2 aromatic carbocycles. The highest BCUT2D eigenvalue weighted by Crippen LogP contribution is 2.23. The summed E-state index contributed by atoms with van der Waals surface area (Å²) in [6.45, 7) is 4.16. The van der Waals surface area contributed by atoms with Gasteiger partial charge in [-0.1, -0.05) is 30.7 Å². The van der Waals surface area contributed by atoms with Crippen molar-refractivity contribution in [2.75, 3.05) is 19.7 Å². The van der Waals surface area contributed by atoms with Gasteiger partial charge < -0.3 is 14.4 Å². The van der Waals surface area contributed by atoms with Gasteiger partial charge >= 0.3 is 6.03 Å². The van der Waals surface area contributed by atoms with Crippen LogP contribution in [0.25, 0.3) is 11.0 Å². The summed E-state index contributed by atoms with van der Waals surface area (Å²) in [5.41, 5.74) is 1.46. The molecule has 1 aliphatic rings. The van der Waals surface area contributed by atoms with Crippen LogP contribution in [0.15, 0.2) is 48.5 Å². The second-order valence-corrected chi connectivity index (χ2v) is 7.25. The molecule has 7 nitrogen and oxygen atoms in total. The molecule has 0 bridgehead atoms. The molecule has 3 aromatic rings. The van der Waals surface area contributed by atoms with E-state index in [1.54, 1.807) is 0 Å². The molecule has 0 aliphatic carbocycles. The third kappa shape index (κ3) is 4.50. The number of amides is 1. The SMILES string of the molecule is CCCCOc1ccc(OC2CCN(C(=O)n3nnc4ccccc43)CC2)cc1. The highest BCUT2D eigenvalue weighted by atomic mass is 16.5. The predicted octanol–water partition coefficient (Wildman–Crippen LogP) is 4.12. The van der Waals surface area contributed by atoms with Crippen molar-refractivity contribution in [3.63, 3.8) is 0 Å². The van der Waals surface area contributed by atoms with Crippen LogP contribution >= 0.6 is 0 Å². The van der Waals surface area contributed by atoms with Gasteiger partial charge in [0.2, 0.25) is 0 Å². The maximum Gasteiger partial charge on any atom is 0.346 e. The standard InChI is InChI=1S/C22H26N4O3/c1-2-3-16-28-17-8-10-18(11-9-17)29-19-12-14-25(15-13-19)22(27)26-21-7-5-4-6-20(21)23-24-26/h4-11,19H,2-3,12-16H2,1H3. The van der Waals surface area contributed by atoms with Crippen LogP contribution in [0.1, 0.15) is 32.6 Å². The van der Waals surface area contributed by atoms with Gasteiger partial charge in [-0.15, -0.1) is 5.10 Å². The quantitative estimate of drug-likeness (QED) is 0.588. The Labute approximate surface area is 170 Å². The third-order valence-corrected chi connectivity index (χ3v) is 5.14. The van der Waals surface area contributed by atoms with E-state index in [4.69, 9.17) is 9.47 Å². The number of hydrogen-bond acceptors (Lipinski definition) is 5. The first kappa shape index (κ1) is 19.2. The van der Waals surface area contributed by atoms with Gasteiger partial charge in [0.1, 0.15) is 23.1 Å². The van der Waals surface area contributed by atoms with E-state index in [1.807, 2.05) is 53.4 Å². The Morgan fingerprint density at radius 3 is 2.55 bits per heavy atom. The molecule has 0 unspecified atom stereocenters. The minimum absolute atomic E-state index is 0.0957. The number of benzene rings is 2. The number of hydrogen-bond donors (Lipinski definition) is 0. The van der Waals surface area contributed by atoms with Crippen LogP contribution in [0.5, 0.6) is 11.5 Å². The molecule has 0 atom stereocenters. The van der Waals surface area contributed by atoms with E-state index in [-0.39, 0.29) is 12.1 Å². The summed E-state index contributed by atoms with van der Waals surface area (Å²) < 4.78 is 13.2. The fraction of sp³-hybridized carbons (Fsp3) is 0.409. The van der Waals surface area contributed by atoms with Gasteiger partial charge in [-0.3, -0.25) is 0 Å². The van der Waals surface area contributed by atoms with Crippen LogP contribution in [-0.4, -0.2) is 51.7 Å². The average molecular weight is 394 g/mol. The van der Waals surface area contributed by atoms with E-state index in [9.17, 15) is 4.79 Å². The molecule has 4 rings (SSSR count). The number of piperidine rings is 1. The molecule has 29 heavy (non-hydrogen) atoms. The lowest BCUT2D eigenvalue weighted by Crippen LogP contribution is -2.43. The number of aromatic nitrogens is 3. The van der Waals surface area contributed by atoms with Gasteiger partial charge in [-0.2, -0.15) is 4.68 Å². The van der Waals surface area contributed by atoms with Crippen molar-refractivity contribution >= 4 is 17.1 Å². The predicted molar refractivity (Wildman–Crippen MR) is 110 cm³/mol. The van der Waals surface area contributed by atoms with Crippen LogP contribution in [-0.2, 0) is 0 Å². The Hall–Kier alpha value is -3.09. The van der Waals surface area contributed by atoms with Crippen molar-refractivity contribution in [2.45, 2.75) is 38.7 Å². The fourth-order valence-corrected chi connectivity index (χ4v) is 3.45. The van der Waals surface area contributed by atoms with E-state index in [0.29, 0.717) is 13.1 Å². The zero-order valence-electron chi connectivity index (χ0n) is 16.7. The number of ether oxygens (including phenoxy) is 2. The third-order valence-electron chi connectivity index (χ3n) is 5.14. The number of rotatable bonds is 6. The van der Waals surface area contributed by atoms with Gasteiger partial charge in [0.15, 0.2) is 0 Å². The number of carbonyl (C=O) groups is 1. The van der Waals surface area contributed by atoms with E-state index >= 15 is 0 Å². The minimum Gasteiger partial charge on any atom is -0.494 e. The molecule has 152 valence electrons. The van der Waals surface area contributed by atoms with Crippen LogP contribution < -0.4 is 9.47 Å². The van der Waals surface area contributed by atoms with Crippen molar-refractivity contribution in [1.82, 2.24) is 19.9 Å². The van der Waals surface area contributed by atoms with Crippen LogP contribution in [0.2, 0.25) is 0 Å². The molecule has 1 aliphatic heterocycles. The largest absolute Gasteiger partial charge is 0.494 e. The topological polar surface area (TPSA) is 69.5 Å².